The van der Waals surface area contributed by atoms with Gasteiger partial charge in [0, 0.05) is 6.20 Å². The molecule has 0 unspecified atom stereocenters. The normalized spacial score (nSPS) is 12.7. The Morgan fingerprint density at radius 2 is 1.92 bits per heavy atom. The van der Waals surface area contributed by atoms with Crippen LogP contribution in [0.25, 0.3) is 0 Å². The molecule has 1 heterocycles. The number of benzene rings is 1. The van der Waals surface area contributed by atoms with Crippen molar-refractivity contribution >= 4 is 17.8 Å². The summed E-state index contributed by atoms with van der Waals surface area (Å²) in [5.41, 5.74) is 1.88. The number of nitrogens with zero attached hydrogens (tertiary/aromatic N) is 1. The first-order valence-electron chi connectivity index (χ1n) is 8.70. The van der Waals surface area contributed by atoms with E-state index in [0.717, 1.165) is 17.5 Å². The summed E-state index contributed by atoms with van der Waals surface area (Å²) in [6.45, 7) is 5.95. The lowest BCUT2D eigenvalue weighted by Crippen LogP contribution is -2.47. The van der Waals surface area contributed by atoms with Crippen LogP contribution in [0.3, 0.4) is 0 Å². The number of ether oxygens (including phenoxy) is 1. The van der Waals surface area contributed by atoms with Crippen LogP contribution in [0.15, 0.2) is 48.7 Å². The van der Waals surface area contributed by atoms with Gasteiger partial charge in [-0.05, 0) is 36.1 Å². The average Bonchev–Trinajstić information content (AvgIpc) is 2.64. The summed E-state index contributed by atoms with van der Waals surface area (Å²) in [5, 5.41) is 5.43. The number of alkyl carbamates (subject to hydrolysis) is 1. The highest BCUT2D eigenvalue weighted by molar-refractivity contribution is 5.96. The van der Waals surface area contributed by atoms with Crippen LogP contribution in [0.5, 0.6) is 0 Å². The van der Waals surface area contributed by atoms with Gasteiger partial charge in [0.25, 0.3) is 0 Å². The Kier molecular flexibility index (Phi) is 7.14. The maximum atomic E-state index is 12.6. The molecule has 1 aromatic carbocycles. The molecule has 0 saturated carbocycles. The first kappa shape index (κ1) is 19.4. The zero-order valence-corrected chi connectivity index (χ0v) is 15.4. The molecule has 2 N–H and O–H groups in total. The van der Waals surface area contributed by atoms with E-state index in [-0.39, 0.29) is 18.4 Å². The van der Waals surface area contributed by atoms with E-state index in [2.05, 4.69) is 15.6 Å². The summed E-state index contributed by atoms with van der Waals surface area (Å²) in [7, 11) is 0. The van der Waals surface area contributed by atoms with Crippen LogP contribution in [0.2, 0.25) is 0 Å². The van der Waals surface area contributed by atoms with Gasteiger partial charge < -0.3 is 15.4 Å². The molecule has 0 saturated heterocycles. The summed E-state index contributed by atoms with van der Waals surface area (Å²) >= 11 is 0. The van der Waals surface area contributed by atoms with Crippen LogP contribution >= 0.6 is 0 Å². The van der Waals surface area contributed by atoms with Crippen molar-refractivity contribution in [2.75, 3.05) is 5.32 Å². The van der Waals surface area contributed by atoms with E-state index in [1.807, 2.05) is 57.2 Å². The molecule has 2 rings (SSSR count). The predicted molar refractivity (Wildman–Crippen MR) is 101 cm³/mol. The van der Waals surface area contributed by atoms with Gasteiger partial charge in [0.2, 0.25) is 5.91 Å². The number of aromatic nitrogens is 1. The maximum absolute atomic E-state index is 12.6. The van der Waals surface area contributed by atoms with Crippen molar-refractivity contribution in [3.63, 3.8) is 0 Å². The molecule has 0 aliphatic rings. The number of carbonyl (C=O) groups excluding carboxylic acids is 2. The number of carbonyl (C=O) groups is 2. The van der Waals surface area contributed by atoms with Crippen LogP contribution in [-0.2, 0) is 16.1 Å². The van der Waals surface area contributed by atoms with Gasteiger partial charge >= 0.3 is 6.09 Å². The van der Waals surface area contributed by atoms with Crippen molar-refractivity contribution in [2.45, 2.75) is 39.8 Å². The fourth-order valence-corrected chi connectivity index (χ4v) is 2.40. The smallest absolute Gasteiger partial charge is 0.408 e. The van der Waals surface area contributed by atoms with E-state index < -0.39 is 12.1 Å². The molecule has 2 amide bonds. The largest absolute Gasteiger partial charge is 0.445 e. The SMILES string of the molecule is CC[C@H](C)[C@H](NC(=O)OCc1ccccc1)C(=O)Nc1cc(C)ccn1. The number of rotatable bonds is 7. The summed E-state index contributed by atoms with van der Waals surface area (Å²) in [5.74, 6) is 0.0981. The second kappa shape index (κ2) is 9.56. The minimum Gasteiger partial charge on any atom is -0.445 e. The van der Waals surface area contributed by atoms with Gasteiger partial charge in [-0.15, -0.1) is 0 Å². The average molecular weight is 355 g/mol. The van der Waals surface area contributed by atoms with Gasteiger partial charge in [0.05, 0.1) is 0 Å². The second-order valence-corrected chi connectivity index (χ2v) is 6.28. The van der Waals surface area contributed by atoms with Crippen LogP contribution in [0.1, 0.15) is 31.4 Å². The Balaban J connectivity index is 1.97. The summed E-state index contributed by atoms with van der Waals surface area (Å²) in [4.78, 5) is 28.9. The summed E-state index contributed by atoms with van der Waals surface area (Å²) in [6.07, 6.45) is 1.75. The monoisotopic (exact) mass is 355 g/mol. The summed E-state index contributed by atoms with van der Waals surface area (Å²) in [6, 6.07) is 12.3. The molecule has 0 aliphatic heterocycles. The highest BCUT2D eigenvalue weighted by atomic mass is 16.5. The number of hydrogen-bond acceptors (Lipinski definition) is 4. The minimum atomic E-state index is -0.703. The lowest BCUT2D eigenvalue weighted by molar-refractivity contribution is -0.119. The third-order valence-electron chi connectivity index (χ3n) is 4.15. The van der Waals surface area contributed by atoms with E-state index >= 15 is 0 Å². The molecule has 1 aromatic heterocycles. The van der Waals surface area contributed by atoms with Crippen molar-refractivity contribution in [1.82, 2.24) is 10.3 Å². The third-order valence-corrected chi connectivity index (χ3v) is 4.15. The zero-order chi connectivity index (χ0) is 18.9. The molecule has 0 spiro atoms. The fraction of sp³-hybridized carbons (Fsp3) is 0.350. The van der Waals surface area contributed by atoms with Crippen molar-refractivity contribution in [2.24, 2.45) is 5.92 Å². The van der Waals surface area contributed by atoms with E-state index in [0.29, 0.717) is 5.82 Å². The van der Waals surface area contributed by atoms with E-state index in [1.165, 1.54) is 0 Å². The number of pyridine rings is 1. The lowest BCUT2D eigenvalue weighted by Gasteiger charge is -2.23. The maximum Gasteiger partial charge on any atom is 0.408 e. The quantitative estimate of drug-likeness (QED) is 0.794. The van der Waals surface area contributed by atoms with Gasteiger partial charge in [-0.3, -0.25) is 4.79 Å². The van der Waals surface area contributed by atoms with Gasteiger partial charge in [-0.1, -0.05) is 50.6 Å². The van der Waals surface area contributed by atoms with Crippen LogP contribution in [0.4, 0.5) is 10.6 Å². The Bertz CT molecular complexity index is 734. The molecular formula is C20H25N3O3. The number of anilines is 1. The van der Waals surface area contributed by atoms with E-state index in [1.54, 1.807) is 12.3 Å². The Labute approximate surface area is 154 Å². The van der Waals surface area contributed by atoms with Crippen LogP contribution in [0, 0.1) is 12.8 Å². The van der Waals surface area contributed by atoms with Gasteiger partial charge in [-0.25, -0.2) is 9.78 Å². The van der Waals surface area contributed by atoms with Gasteiger partial charge in [0.15, 0.2) is 0 Å². The molecule has 0 bridgehead atoms. The second-order valence-electron chi connectivity index (χ2n) is 6.28. The molecule has 6 heteroatoms. The van der Waals surface area contributed by atoms with Crippen LogP contribution < -0.4 is 10.6 Å². The summed E-state index contributed by atoms with van der Waals surface area (Å²) < 4.78 is 5.23. The number of hydrogen-bond donors (Lipinski definition) is 2. The molecule has 6 nitrogen and oxygen atoms in total. The minimum absolute atomic E-state index is 0.0518. The molecule has 0 aliphatic carbocycles. The van der Waals surface area contributed by atoms with E-state index in [4.69, 9.17) is 4.74 Å². The Hall–Kier alpha value is -2.89. The van der Waals surface area contributed by atoms with Gasteiger partial charge in [0.1, 0.15) is 18.5 Å². The lowest BCUT2D eigenvalue weighted by atomic mass is 9.98. The highest BCUT2D eigenvalue weighted by Crippen LogP contribution is 2.12. The molecular weight excluding hydrogens is 330 g/mol. The van der Waals surface area contributed by atoms with Crippen molar-refractivity contribution in [3.05, 3.63) is 59.8 Å². The molecule has 138 valence electrons. The number of nitrogens with one attached hydrogen (secondary N) is 2. The molecule has 26 heavy (non-hydrogen) atoms. The molecule has 2 aromatic rings. The standard InChI is InChI=1S/C20H25N3O3/c1-4-15(3)18(19(24)22-17-12-14(2)10-11-21-17)23-20(25)26-13-16-8-6-5-7-9-16/h5-12,15,18H,4,13H2,1-3H3,(H,23,25)(H,21,22,24)/t15-,18-/m0/s1. The van der Waals surface area contributed by atoms with Crippen LogP contribution in [-0.4, -0.2) is 23.0 Å². The Morgan fingerprint density at radius 1 is 1.19 bits per heavy atom. The third kappa shape index (κ3) is 5.88. The van der Waals surface area contributed by atoms with Crippen molar-refractivity contribution < 1.29 is 14.3 Å². The molecule has 2 atom stereocenters. The van der Waals surface area contributed by atoms with Crippen molar-refractivity contribution in [3.8, 4) is 0 Å². The first-order valence-corrected chi connectivity index (χ1v) is 8.70. The van der Waals surface area contributed by atoms with Gasteiger partial charge in [-0.2, -0.15) is 0 Å². The molecule has 0 radical (unpaired) electrons. The molecule has 0 fully saturated rings. The van der Waals surface area contributed by atoms with Crippen molar-refractivity contribution in [1.29, 1.82) is 0 Å². The fourth-order valence-electron chi connectivity index (χ4n) is 2.40. The van der Waals surface area contributed by atoms with E-state index in [9.17, 15) is 9.59 Å². The topological polar surface area (TPSA) is 80.3 Å². The number of amides is 2. The predicted octanol–water partition coefficient (Wildman–Crippen LogP) is 3.67. The zero-order valence-electron chi connectivity index (χ0n) is 15.4. The highest BCUT2D eigenvalue weighted by Gasteiger charge is 2.27. The Morgan fingerprint density at radius 3 is 2.58 bits per heavy atom. The first-order chi connectivity index (χ1) is 12.5. The number of aryl methyl sites for hydroxylation is 1.